The van der Waals surface area contributed by atoms with Crippen LogP contribution in [0.1, 0.15) is 25.7 Å². The number of aromatic nitrogens is 3. The quantitative estimate of drug-likeness (QED) is 0.760. The summed E-state index contributed by atoms with van der Waals surface area (Å²) >= 11 is 0. The normalized spacial score (nSPS) is 22.0. The molecule has 3 heterocycles. The monoisotopic (exact) mass is 414 g/mol. The molecule has 0 unspecified atom stereocenters. The Bertz CT molecular complexity index is 956. The fraction of sp³-hybridized carbons (Fsp3) is 0.450. The Morgan fingerprint density at radius 3 is 2.97 bits per heavy atom. The van der Waals surface area contributed by atoms with Gasteiger partial charge in [0.1, 0.15) is 18.1 Å². The Hall–Kier alpha value is -3.14. The van der Waals surface area contributed by atoms with Crippen molar-refractivity contribution in [1.29, 1.82) is 0 Å². The van der Waals surface area contributed by atoms with Crippen LogP contribution in [0.2, 0.25) is 0 Å². The van der Waals surface area contributed by atoms with E-state index in [2.05, 4.69) is 20.3 Å². The first-order valence-corrected chi connectivity index (χ1v) is 9.95. The van der Waals surface area contributed by atoms with Crippen molar-refractivity contribution in [2.75, 3.05) is 30.0 Å². The molecule has 4 rings (SSSR count). The Kier molecular flexibility index (Phi) is 5.84. The van der Waals surface area contributed by atoms with Crippen LogP contribution >= 0.6 is 0 Å². The Morgan fingerprint density at radius 2 is 2.17 bits per heavy atom. The maximum absolute atomic E-state index is 14.5. The van der Waals surface area contributed by atoms with Crippen molar-refractivity contribution in [2.45, 2.75) is 31.7 Å². The van der Waals surface area contributed by atoms with Gasteiger partial charge in [-0.1, -0.05) is 12.5 Å². The van der Waals surface area contributed by atoms with Gasteiger partial charge in [0.05, 0.1) is 25.0 Å². The van der Waals surface area contributed by atoms with E-state index in [-0.39, 0.29) is 42.0 Å². The number of nitrogens with zero attached hydrogens (tertiary/aromatic N) is 4. The number of anilines is 2. The van der Waals surface area contributed by atoms with Gasteiger partial charge in [0.15, 0.2) is 5.82 Å². The average Bonchev–Trinajstić information content (AvgIpc) is 2.76. The SMILES string of the molecule is NC(=O)[C@@H]1CCC[C@H](Nc2ncc(F)c(-c3cccc(N4CCOCC4=O)n3)n2)C1. The van der Waals surface area contributed by atoms with E-state index in [1.54, 1.807) is 18.2 Å². The van der Waals surface area contributed by atoms with E-state index >= 15 is 0 Å². The molecule has 2 amide bonds. The second-order valence-corrected chi connectivity index (χ2v) is 7.48. The number of amides is 2. The number of carbonyl (C=O) groups excluding carboxylic acids is 2. The van der Waals surface area contributed by atoms with Gasteiger partial charge in [-0.05, 0) is 31.4 Å². The number of carbonyl (C=O) groups is 2. The lowest BCUT2D eigenvalue weighted by Crippen LogP contribution is -2.42. The minimum absolute atomic E-state index is 0.00444. The topological polar surface area (TPSA) is 123 Å². The molecule has 0 spiro atoms. The Morgan fingerprint density at radius 1 is 1.30 bits per heavy atom. The molecule has 2 fully saturated rings. The van der Waals surface area contributed by atoms with Crippen molar-refractivity contribution in [2.24, 2.45) is 11.7 Å². The molecule has 0 radical (unpaired) electrons. The van der Waals surface area contributed by atoms with Crippen LogP contribution < -0.4 is 16.0 Å². The third kappa shape index (κ3) is 4.38. The smallest absolute Gasteiger partial charge is 0.254 e. The van der Waals surface area contributed by atoms with Crippen LogP contribution in [0.4, 0.5) is 16.2 Å². The number of nitrogens with two attached hydrogens (primary N) is 1. The molecule has 2 aromatic rings. The maximum Gasteiger partial charge on any atom is 0.254 e. The van der Waals surface area contributed by atoms with Gasteiger partial charge in [0.2, 0.25) is 11.9 Å². The molecule has 2 aliphatic rings. The molecule has 1 aliphatic carbocycles. The standard InChI is InChI=1S/C20H23FN6O3/c21-14-10-23-20(24-13-4-1-3-12(9-13)19(22)29)26-18(14)15-5-2-6-16(25-15)27-7-8-30-11-17(27)28/h2,5-6,10,12-13H,1,3-4,7-9,11H2,(H2,22,29)(H,23,24,26)/t12-,13+/m1/s1. The number of primary amides is 1. The molecule has 0 bridgehead atoms. The molecule has 158 valence electrons. The minimum atomic E-state index is -0.614. The lowest BCUT2D eigenvalue weighted by atomic mass is 9.85. The van der Waals surface area contributed by atoms with Gasteiger partial charge < -0.3 is 15.8 Å². The van der Waals surface area contributed by atoms with E-state index in [9.17, 15) is 14.0 Å². The number of pyridine rings is 1. The van der Waals surface area contributed by atoms with Gasteiger partial charge in [-0.3, -0.25) is 14.5 Å². The second-order valence-electron chi connectivity index (χ2n) is 7.48. The molecule has 1 aliphatic heterocycles. The van der Waals surface area contributed by atoms with E-state index in [1.165, 1.54) is 4.90 Å². The summed E-state index contributed by atoms with van der Waals surface area (Å²) in [7, 11) is 0. The molecule has 9 nitrogen and oxygen atoms in total. The van der Waals surface area contributed by atoms with E-state index in [0.717, 1.165) is 25.5 Å². The number of morpholine rings is 1. The number of ether oxygens (including phenoxy) is 1. The summed E-state index contributed by atoms with van der Waals surface area (Å²) in [5.74, 6) is -0.614. The Labute approximate surface area is 172 Å². The van der Waals surface area contributed by atoms with Gasteiger partial charge in [-0.25, -0.2) is 19.3 Å². The summed E-state index contributed by atoms with van der Waals surface area (Å²) in [5, 5.41) is 3.18. The van der Waals surface area contributed by atoms with Crippen LogP contribution in [0.5, 0.6) is 0 Å². The van der Waals surface area contributed by atoms with E-state index < -0.39 is 5.82 Å². The fourth-order valence-electron chi connectivity index (χ4n) is 3.84. The highest BCUT2D eigenvalue weighted by molar-refractivity contribution is 5.94. The molecule has 1 saturated carbocycles. The molecular weight excluding hydrogens is 391 g/mol. The first-order valence-electron chi connectivity index (χ1n) is 9.95. The number of nitrogens with one attached hydrogen (secondary N) is 1. The summed E-state index contributed by atoms with van der Waals surface area (Å²) in [6, 6.07) is 5.01. The first kappa shape index (κ1) is 20.1. The second kappa shape index (κ2) is 8.70. The average molecular weight is 414 g/mol. The molecule has 3 N–H and O–H groups in total. The van der Waals surface area contributed by atoms with E-state index in [4.69, 9.17) is 10.5 Å². The van der Waals surface area contributed by atoms with Crippen LogP contribution in [0.25, 0.3) is 11.4 Å². The van der Waals surface area contributed by atoms with Crippen molar-refractivity contribution >= 4 is 23.6 Å². The van der Waals surface area contributed by atoms with Gasteiger partial charge in [0.25, 0.3) is 5.91 Å². The molecule has 30 heavy (non-hydrogen) atoms. The zero-order valence-corrected chi connectivity index (χ0v) is 16.4. The van der Waals surface area contributed by atoms with E-state index in [1.807, 2.05) is 0 Å². The highest BCUT2D eigenvalue weighted by Gasteiger charge is 2.26. The van der Waals surface area contributed by atoms with Crippen LogP contribution in [-0.2, 0) is 14.3 Å². The van der Waals surface area contributed by atoms with Crippen LogP contribution in [-0.4, -0.2) is 52.6 Å². The molecule has 2 atom stereocenters. The van der Waals surface area contributed by atoms with Gasteiger partial charge >= 0.3 is 0 Å². The highest BCUT2D eigenvalue weighted by atomic mass is 19.1. The van der Waals surface area contributed by atoms with Crippen molar-refractivity contribution in [3.63, 3.8) is 0 Å². The van der Waals surface area contributed by atoms with Gasteiger partial charge in [0, 0.05) is 12.0 Å². The molecule has 10 heteroatoms. The van der Waals surface area contributed by atoms with E-state index in [0.29, 0.717) is 31.1 Å². The third-order valence-corrected chi connectivity index (χ3v) is 5.39. The predicted octanol–water partition coefficient (Wildman–Crippen LogP) is 1.50. The van der Waals surface area contributed by atoms with Crippen molar-refractivity contribution < 1.29 is 18.7 Å². The number of hydrogen-bond acceptors (Lipinski definition) is 7. The summed E-state index contributed by atoms with van der Waals surface area (Å²) in [6.45, 7) is 0.799. The molecule has 1 saturated heterocycles. The van der Waals surface area contributed by atoms with Crippen LogP contribution in [0.3, 0.4) is 0 Å². The lowest BCUT2D eigenvalue weighted by molar-refractivity contribution is -0.125. The third-order valence-electron chi connectivity index (χ3n) is 5.39. The maximum atomic E-state index is 14.5. The summed E-state index contributed by atoms with van der Waals surface area (Å²) in [4.78, 5) is 37.8. The molecular formula is C20H23FN6O3. The van der Waals surface area contributed by atoms with Crippen molar-refractivity contribution in [3.05, 3.63) is 30.2 Å². The lowest BCUT2D eigenvalue weighted by Gasteiger charge is -2.28. The summed E-state index contributed by atoms with van der Waals surface area (Å²) in [5.41, 5.74) is 5.78. The fourth-order valence-corrected chi connectivity index (χ4v) is 3.84. The largest absolute Gasteiger partial charge is 0.370 e. The Balaban J connectivity index is 1.56. The van der Waals surface area contributed by atoms with Crippen molar-refractivity contribution in [1.82, 2.24) is 15.0 Å². The number of hydrogen-bond donors (Lipinski definition) is 2. The van der Waals surface area contributed by atoms with Crippen LogP contribution in [0.15, 0.2) is 24.4 Å². The molecule has 0 aromatic carbocycles. The predicted molar refractivity (Wildman–Crippen MR) is 107 cm³/mol. The van der Waals surface area contributed by atoms with Gasteiger partial charge in [-0.15, -0.1) is 0 Å². The number of halogens is 1. The van der Waals surface area contributed by atoms with Crippen LogP contribution in [0, 0.1) is 11.7 Å². The van der Waals surface area contributed by atoms with Gasteiger partial charge in [-0.2, -0.15) is 0 Å². The first-order chi connectivity index (χ1) is 14.5. The summed E-state index contributed by atoms with van der Waals surface area (Å²) < 4.78 is 19.6. The minimum Gasteiger partial charge on any atom is -0.370 e. The van der Waals surface area contributed by atoms with Crippen molar-refractivity contribution in [3.8, 4) is 11.4 Å². The highest BCUT2D eigenvalue weighted by Crippen LogP contribution is 2.27. The summed E-state index contributed by atoms with van der Waals surface area (Å²) in [6.07, 6.45) is 4.19. The molecule has 2 aromatic heterocycles. The number of rotatable bonds is 5. The zero-order chi connectivity index (χ0) is 21.1. The zero-order valence-electron chi connectivity index (χ0n) is 16.4.